The second-order valence-electron chi connectivity index (χ2n) is 11.8. The number of carbonyl (C=O) groups excluding carboxylic acids is 1. The zero-order valence-electron chi connectivity index (χ0n) is 24.8. The van der Waals surface area contributed by atoms with Gasteiger partial charge in [0, 0.05) is 11.8 Å². The number of carbonyl (C=O) groups is 1. The number of methoxy groups -OCH3 is 2. The van der Waals surface area contributed by atoms with E-state index in [1.807, 2.05) is 23.6 Å². The SMILES string of the molecule is COc1cc([C@@H]2c3cc4c(cc3[C@H](O[C@H]3O[C@H]5CO[C@H](c6cccs6)O[C@@H]5[C@@H](O)[C@@H]3O)[C@H]3COC(=O)[C@H]23)OCO4)cc(OC)c1O. The number of aromatic hydroxyl groups is 1. The predicted octanol–water partition coefficient (Wildman–Crippen LogP) is 2.75. The fourth-order valence-corrected chi connectivity index (χ4v) is 7.89. The maximum absolute atomic E-state index is 13.5. The molecule has 0 unspecified atom stereocenters. The zero-order chi connectivity index (χ0) is 31.7. The number of ether oxygens (including phenoxy) is 9. The summed E-state index contributed by atoms with van der Waals surface area (Å²) in [5, 5.41) is 35.0. The van der Waals surface area contributed by atoms with E-state index in [4.69, 9.17) is 42.6 Å². The van der Waals surface area contributed by atoms with Crippen LogP contribution in [0, 0.1) is 11.8 Å². The summed E-state index contributed by atoms with van der Waals surface area (Å²) >= 11 is 1.46. The molecule has 3 fully saturated rings. The lowest BCUT2D eigenvalue weighted by molar-refractivity contribution is -0.368. The number of rotatable bonds is 6. The number of hydrogen-bond donors (Lipinski definition) is 3. The van der Waals surface area contributed by atoms with Crippen LogP contribution in [0.1, 0.15) is 39.9 Å². The molecule has 46 heavy (non-hydrogen) atoms. The standard InChI is InChI=1S/C32H32O13S/c1-37-19-6-13(7-20(38-2)25(19)33)23-14-8-17-18(42-12-41-17)9-15(14)28(16-10-39-30(36)24(16)23)44-32-27(35)26(34)29-21(43-32)11-40-31(45-29)22-4-3-5-46-22/h3-9,16,21,23-24,26-29,31-35H,10-12H2,1-2H3/t16-,21-,23+,24-,26-,27-,28-,29-,31-,32+/m0/s1. The molecule has 1 aromatic heterocycles. The second kappa shape index (κ2) is 11.6. The Labute approximate surface area is 267 Å². The minimum Gasteiger partial charge on any atom is -0.502 e. The summed E-state index contributed by atoms with van der Waals surface area (Å²) in [6.07, 6.45) is -7.16. The van der Waals surface area contributed by atoms with Gasteiger partial charge in [0.1, 0.15) is 24.4 Å². The highest BCUT2D eigenvalue weighted by atomic mass is 32.1. The van der Waals surface area contributed by atoms with Gasteiger partial charge in [-0.3, -0.25) is 4.79 Å². The Kier molecular flexibility index (Phi) is 7.48. The van der Waals surface area contributed by atoms with Gasteiger partial charge < -0.3 is 58.0 Å². The minimum absolute atomic E-state index is 0.0242. The number of thiophene rings is 1. The number of aliphatic hydroxyl groups is 2. The molecule has 1 aliphatic carbocycles. The molecule has 14 heteroatoms. The molecule has 3 N–H and O–H groups in total. The highest BCUT2D eigenvalue weighted by Crippen LogP contribution is 2.57. The van der Waals surface area contributed by atoms with Crippen LogP contribution in [-0.4, -0.2) is 86.2 Å². The Morgan fingerprint density at radius 2 is 1.65 bits per heavy atom. The van der Waals surface area contributed by atoms with Crippen LogP contribution >= 0.6 is 11.3 Å². The van der Waals surface area contributed by atoms with E-state index in [1.54, 1.807) is 18.2 Å². The lowest BCUT2D eigenvalue weighted by Crippen LogP contribution is -2.62. The molecule has 2 aromatic carbocycles. The molecule has 5 aliphatic rings. The first kappa shape index (κ1) is 29.8. The lowest BCUT2D eigenvalue weighted by Gasteiger charge is -2.48. The Hall–Kier alpha value is -3.63. The van der Waals surface area contributed by atoms with Gasteiger partial charge in [-0.05, 0) is 52.4 Å². The smallest absolute Gasteiger partial charge is 0.310 e. The Morgan fingerprint density at radius 1 is 0.913 bits per heavy atom. The van der Waals surface area contributed by atoms with Crippen molar-refractivity contribution in [1.29, 1.82) is 0 Å². The minimum atomic E-state index is -1.47. The molecule has 10 atom stereocenters. The summed E-state index contributed by atoms with van der Waals surface area (Å²) in [5.41, 5.74) is 2.00. The summed E-state index contributed by atoms with van der Waals surface area (Å²) in [4.78, 5) is 14.3. The number of hydrogen-bond acceptors (Lipinski definition) is 14. The number of phenolic OH excluding ortho intramolecular Hbond substituents is 1. The van der Waals surface area contributed by atoms with Crippen molar-refractivity contribution in [3.05, 3.63) is 63.3 Å². The summed E-state index contributed by atoms with van der Waals surface area (Å²) in [6, 6.07) is 10.7. The monoisotopic (exact) mass is 656 g/mol. The van der Waals surface area contributed by atoms with E-state index in [0.717, 1.165) is 4.88 Å². The van der Waals surface area contributed by atoms with E-state index in [9.17, 15) is 20.1 Å². The van der Waals surface area contributed by atoms with E-state index in [2.05, 4.69) is 0 Å². The number of esters is 1. The van der Waals surface area contributed by atoms with Crippen molar-refractivity contribution in [3.8, 4) is 28.7 Å². The number of fused-ring (bicyclic) bond motifs is 4. The van der Waals surface area contributed by atoms with E-state index in [1.165, 1.54) is 25.6 Å². The van der Waals surface area contributed by atoms with Crippen LogP contribution in [-0.2, 0) is 28.5 Å². The average Bonchev–Trinajstić information content (AvgIpc) is 3.85. The summed E-state index contributed by atoms with van der Waals surface area (Å²) < 4.78 is 52.6. The van der Waals surface area contributed by atoms with E-state index in [-0.39, 0.29) is 37.3 Å². The molecule has 13 nitrogen and oxygen atoms in total. The zero-order valence-corrected chi connectivity index (χ0v) is 25.6. The van der Waals surface area contributed by atoms with Gasteiger partial charge in [-0.2, -0.15) is 0 Å². The first-order valence-corrected chi connectivity index (χ1v) is 15.8. The largest absolute Gasteiger partial charge is 0.502 e. The van der Waals surface area contributed by atoms with Crippen molar-refractivity contribution in [1.82, 2.24) is 0 Å². The summed E-state index contributed by atoms with van der Waals surface area (Å²) in [7, 11) is 2.86. The van der Waals surface area contributed by atoms with Crippen molar-refractivity contribution < 1.29 is 62.7 Å². The normalized spacial score (nSPS) is 34.3. The third-order valence-electron chi connectivity index (χ3n) is 9.37. The van der Waals surface area contributed by atoms with Crippen LogP contribution in [0.15, 0.2) is 41.8 Å². The molecule has 3 saturated heterocycles. The molecule has 5 heterocycles. The molecule has 244 valence electrons. The molecule has 4 aliphatic heterocycles. The fraction of sp³-hybridized carbons (Fsp3) is 0.469. The second-order valence-corrected chi connectivity index (χ2v) is 12.7. The molecule has 0 amide bonds. The predicted molar refractivity (Wildman–Crippen MR) is 156 cm³/mol. The molecular weight excluding hydrogens is 624 g/mol. The Morgan fingerprint density at radius 3 is 2.35 bits per heavy atom. The van der Waals surface area contributed by atoms with Crippen LogP contribution in [0.2, 0.25) is 0 Å². The third kappa shape index (κ3) is 4.70. The summed E-state index contributed by atoms with van der Waals surface area (Å²) in [6.45, 7) is 0.171. The third-order valence-corrected chi connectivity index (χ3v) is 10.3. The fourth-order valence-electron chi connectivity index (χ4n) is 7.18. The van der Waals surface area contributed by atoms with Crippen LogP contribution in [0.5, 0.6) is 28.7 Å². The molecule has 3 aromatic rings. The van der Waals surface area contributed by atoms with Crippen molar-refractivity contribution in [2.75, 3.05) is 34.2 Å². The van der Waals surface area contributed by atoms with Gasteiger partial charge in [0.25, 0.3) is 0 Å². The molecule has 0 saturated carbocycles. The van der Waals surface area contributed by atoms with E-state index < -0.39 is 66.8 Å². The van der Waals surface area contributed by atoms with Crippen molar-refractivity contribution in [3.63, 3.8) is 0 Å². The Bertz CT molecular complexity index is 1600. The molecule has 0 spiro atoms. The molecule has 0 bridgehead atoms. The van der Waals surface area contributed by atoms with Gasteiger partial charge in [0.2, 0.25) is 12.5 Å². The van der Waals surface area contributed by atoms with Gasteiger partial charge in [-0.25, -0.2) is 0 Å². The van der Waals surface area contributed by atoms with Gasteiger partial charge in [0.05, 0.1) is 44.3 Å². The highest BCUT2D eigenvalue weighted by Gasteiger charge is 2.56. The van der Waals surface area contributed by atoms with Crippen LogP contribution in [0.25, 0.3) is 0 Å². The van der Waals surface area contributed by atoms with E-state index >= 15 is 0 Å². The number of cyclic esters (lactones) is 1. The van der Waals surface area contributed by atoms with Crippen LogP contribution in [0.4, 0.5) is 0 Å². The highest BCUT2D eigenvalue weighted by molar-refractivity contribution is 7.10. The average molecular weight is 657 g/mol. The maximum Gasteiger partial charge on any atom is 0.310 e. The first-order valence-electron chi connectivity index (χ1n) is 14.9. The van der Waals surface area contributed by atoms with Gasteiger partial charge in [-0.15, -0.1) is 11.3 Å². The van der Waals surface area contributed by atoms with Gasteiger partial charge >= 0.3 is 5.97 Å². The van der Waals surface area contributed by atoms with Crippen molar-refractivity contribution in [2.24, 2.45) is 11.8 Å². The lowest BCUT2D eigenvalue weighted by atomic mass is 9.66. The van der Waals surface area contributed by atoms with Crippen LogP contribution < -0.4 is 18.9 Å². The number of aliphatic hydroxyl groups excluding tert-OH is 2. The van der Waals surface area contributed by atoms with Gasteiger partial charge in [-0.1, -0.05) is 6.07 Å². The van der Waals surface area contributed by atoms with Crippen molar-refractivity contribution in [2.45, 2.75) is 49.0 Å². The van der Waals surface area contributed by atoms with Crippen LogP contribution in [0.3, 0.4) is 0 Å². The quantitative estimate of drug-likeness (QED) is 0.333. The first-order chi connectivity index (χ1) is 22.4. The van der Waals surface area contributed by atoms with Crippen molar-refractivity contribution >= 4 is 17.3 Å². The van der Waals surface area contributed by atoms with E-state index in [0.29, 0.717) is 28.2 Å². The molecular formula is C32H32O13S. The number of benzene rings is 2. The van der Waals surface area contributed by atoms with Gasteiger partial charge in [0.15, 0.2) is 35.6 Å². The number of phenols is 1. The summed E-state index contributed by atoms with van der Waals surface area (Å²) in [5.74, 6) is -1.08. The topological polar surface area (TPSA) is 161 Å². The molecule has 8 rings (SSSR count). The Balaban J connectivity index is 1.16. The molecule has 0 radical (unpaired) electrons. The maximum atomic E-state index is 13.5.